The van der Waals surface area contributed by atoms with E-state index >= 15 is 0 Å². The molecule has 0 heterocycles. The van der Waals surface area contributed by atoms with Crippen molar-refractivity contribution >= 4 is 10.0 Å². The van der Waals surface area contributed by atoms with Crippen LogP contribution in [0.25, 0.3) is 0 Å². The molecule has 2 N–H and O–H groups in total. The zero-order chi connectivity index (χ0) is 12.1. The minimum Gasteiger partial charge on any atom is -0.318 e. The highest BCUT2D eigenvalue weighted by Crippen LogP contribution is 2.16. The summed E-state index contributed by atoms with van der Waals surface area (Å²) in [4.78, 5) is 0. The molecule has 0 aromatic rings. The largest absolute Gasteiger partial charge is 0.318 e. The Bertz CT molecular complexity index is 271. The van der Waals surface area contributed by atoms with Crippen LogP contribution in [0.5, 0.6) is 0 Å². The van der Waals surface area contributed by atoms with Crippen LogP contribution in [0.2, 0.25) is 0 Å². The first-order valence-corrected chi connectivity index (χ1v) is 7.03. The summed E-state index contributed by atoms with van der Waals surface area (Å²) in [6.07, 6.45) is 1.60. The third-order valence-electron chi connectivity index (χ3n) is 2.97. The Hall–Kier alpha value is -0.130. The molecule has 1 unspecified atom stereocenters. The van der Waals surface area contributed by atoms with Crippen LogP contribution in [0.1, 0.15) is 40.5 Å². The fourth-order valence-electron chi connectivity index (χ4n) is 1.24. The van der Waals surface area contributed by atoms with E-state index in [1.807, 2.05) is 20.8 Å². The van der Waals surface area contributed by atoms with Gasteiger partial charge in [-0.3, -0.25) is 0 Å². The van der Waals surface area contributed by atoms with E-state index in [1.54, 1.807) is 14.0 Å². The van der Waals surface area contributed by atoms with E-state index in [4.69, 9.17) is 0 Å². The lowest BCUT2D eigenvalue weighted by Gasteiger charge is -2.29. The van der Waals surface area contributed by atoms with Gasteiger partial charge in [-0.1, -0.05) is 13.8 Å². The van der Waals surface area contributed by atoms with Gasteiger partial charge in [0.1, 0.15) is 0 Å². The maximum absolute atomic E-state index is 11.9. The molecule has 0 saturated carbocycles. The van der Waals surface area contributed by atoms with Crippen LogP contribution in [0.4, 0.5) is 0 Å². The van der Waals surface area contributed by atoms with Crippen LogP contribution in [-0.4, -0.2) is 32.8 Å². The van der Waals surface area contributed by atoms with Crippen molar-refractivity contribution in [3.8, 4) is 0 Å². The zero-order valence-corrected chi connectivity index (χ0v) is 11.2. The first kappa shape index (κ1) is 14.9. The van der Waals surface area contributed by atoms with E-state index in [0.717, 1.165) is 12.8 Å². The molecule has 0 aromatic heterocycles. The molecular formula is C10H24N2O2S. The lowest BCUT2D eigenvalue weighted by atomic mass is 9.98. The number of sulfonamides is 1. The van der Waals surface area contributed by atoms with E-state index in [9.17, 15) is 8.42 Å². The minimum absolute atomic E-state index is 0.319. The molecule has 5 heteroatoms. The van der Waals surface area contributed by atoms with Crippen LogP contribution in [-0.2, 0) is 10.0 Å². The molecule has 1 atom stereocenters. The second kappa shape index (κ2) is 5.82. The smallest absolute Gasteiger partial charge is 0.215 e. The summed E-state index contributed by atoms with van der Waals surface area (Å²) in [7, 11) is -1.46. The highest BCUT2D eigenvalue weighted by Gasteiger charge is 2.29. The molecule has 15 heavy (non-hydrogen) atoms. The molecule has 4 nitrogen and oxygen atoms in total. The van der Waals surface area contributed by atoms with Gasteiger partial charge < -0.3 is 5.32 Å². The molecular weight excluding hydrogens is 212 g/mol. The Balaban J connectivity index is 4.63. The Morgan fingerprint density at radius 1 is 1.27 bits per heavy atom. The van der Waals surface area contributed by atoms with Crippen molar-refractivity contribution < 1.29 is 8.42 Å². The molecule has 0 bridgehead atoms. The van der Waals surface area contributed by atoms with E-state index in [2.05, 4.69) is 10.0 Å². The quantitative estimate of drug-likeness (QED) is 0.696. The predicted molar refractivity (Wildman–Crippen MR) is 64.4 cm³/mol. The van der Waals surface area contributed by atoms with E-state index in [0.29, 0.717) is 6.54 Å². The van der Waals surface area contributed by atoms with Crippen molar-refractivity contribution in [3.63, 3.8) is 0 Å². The second-order valence-corrected chi connectivity index (χ2v) is 6.38. The van der Waals surface area contributed by atoms with Crippen LogP contribution >= 0.6 is 0 Å². The average Bonchev–Trinajstić information content (AvgIpc) is 2.17. The molecule has 0 amide bonds. The van der Waals surface area contributed by atoms with Gasteiger partial charge in [0.15, 0.2) is 0 Å². The molecule has 0 aliphatic carbocycles. The van der Waals surface area contributed by atoms with Crippen LogP contribution < -0.4 is 10.0 Å². The zero-order valence-electron chi connectivity index (χ0n) is 10.4. The van der Waals surface area contributed by atoms with Gasteiger partial charge in [0, 0.05) is 12.1 Å². The maximum atomic E-state index is 11.9. The Morgan fingerprint density at radius 2 is 1.73 bits per heavy atom. The van der Waals surface area contributed by atoms with Crippen molar-refractivity contribution in [1.82, 2.24) is 10.0 Å². The van der Waals surface area contributed by atoms with Crippen molar-refractivity contribution in [2.45, 2.75) is 51.3 Å². The normalized spacial score (nSPS) is 15.3. The van der Waals surface area contributed by atoms with Crippen molar-refractivity contribution in [3.05, 3.63) is 0 Å². The fraction of sp³-hybridized carbons (Fsp3) is 1.00. The van der Waals surface area contributed by atoms with Gasteiger partial charge in [-0.2, -0.15) is 0 Å². The summed E-state index contributed by atoms with van der Waals surface area (Å²) in [5.74, 6) is 0. The molecule has 0 rings (SSSR count). The van der Waals surface area contributed by atoms with Gasteiger partial charge in [-0.15, -0.1) is 0 Å². The number of hydrogen-bond acceptors (Lipinski definition) is 3. The van der Waals surface area contributed by atoms with E-state index < -0.39 is 15.3 Å². The predicted octanol–water partition coefficient (Wildman–Crippen LogP) is 1.09. The molecule has 0 radical (unpaired) electrons. The van der Waals surface area contributed by atoms with Gasteiger partial charge in [0.25, 0.3) is 0 Å². The summed E-state index contributed by atoms with van der Waals surface area (Å²) >= 11 is 0. The monoisotopic (exact) mass is 236 g/mol. The number of rotatable bonds is 7. The maximum Gasteiger partial charge on any atom is 0.215 e. The van der Waals surface area contributed by atoms with Crippen molar-refractivity contribution in [2.75, 3.05) is 13.6 Å². The Kier molecular flexibility index (Phi) is 5.77. The van der Waals surface area contributed by atoms with Gasteiger partial charge in [0.05, 0.1) is 5.25 Å². The topological polar surface area (TPSA) is 58.2 Å². The summed E-state index contributed by atoms with van der Waals surface area (Å²) in [6, 6.07) is 0. The Morgan fingerprint density at radius 3 is 2.07 bits per heavy atom. The summed E-state index contributed by atoms with van der Waals surface area (Å²) in [5, 5.41) is 2.47. The third-order valence-corrected chi connectivity index (χ3v) is 4.97. The van der Waals surface area contributed by atoms with Gasteiger partial charge in [-0.25, -0.2) is 13.1 Å². The summed E-state index contributed by atoms with van der Waals surface area (Å²) in [5.41, 5.74) is -0.319. The average molecular weight is 236 g/mol. The summed E-state index contributed by atoms with van der Waals surface area (Å²) in [6.45, 7) is 8.11. The molecule has 0 fully saturated rings. The standard InChI is InChI=1S/C10H24N2O2S/c1-6-10(4,7-2)12-15(13,14)9(3)8-11-5/h9,11-12H,6-8H2,1-5H3. The van der Waals surface area contributed by atoms with Gasteiger partial charge in [-0.05, 0) is 33.7 Å². The van der Waals surface area contributed by atoms with Gasteiger partial charge >= 0.3 is 0 Å². The van der Waals surface area contributed by atoms with E-state index in [-0.39, 0.29) is 5.54 Å². The second-order valence-electron chi connectivity index (χ2n) is 4.28. The van der Waals surface area contributed by atoms with E-state index in [1.165, 1.54) is 0 Å². The summed E-state index contributed by atoms with van der Waals surface area (Å²) < 4.78 is 26.6. The molecule has 0 aliphatic rings. The fourth-order valence-corrected chi connectivity index (χ4v) is 2.80. The first-order chi connectivity index (χ1) is 6.81. The lowest BCUT2D eigenvalue weighted by molar-refractivity contribution is 0.386. The van der Waals surface area contributed by atoms with Crippen LogP contribution in [0.15, 0.2) is 0 Å². The van der Waals surface area contributed by atoms with Crippen molar-refractivity contribution in [1.29, 1.82) is 0 Å². The van der Waals surface area contributed by atoms with Gasteiger partial charge in [0.2, 0.25) is 10.0 Å². The Labute approximate surface area is 93.9 Å². The molecule has 0 aromatic carbocycles. The lowest BCUT2D eigenvalue weighted by Crippen LogP contribution is -2.49. The minimum atomic E-state index is -3.22. The number of hydrogen-bond donors (Lipinski definition) is 2. The highest BCUT2D eigenvalue weighted by molar-refractivity contribution is 7.90. The number of nitrogens with one attached hydrogen (secondary N) is 2. The SMILES string of the molecule is CCC(C)(CC)NS(=O)(=O)C(C)CNC. The molecule has 0 aliphatic heterocycles. The van der Waals surface area contributed by atoms with Crippen LogP contribution in [0.3, 0.4) is 0 Å². The molecule has 0 spiro atoms. The highest BCUT2D eigenvalue weighted by atomic mass is 32.2. The molecule has 92 valence electrons. The molecule has 0 saturated heterocycles. The van der Waals surface area contributed by atoms with Crippen LogP contribution in [0, 0.1) is 0 Å². The third kappa shape index (κ3) is 4.49. The van der Waals surface area contributed by atoms with Crippen molar-refractivity contribution in [2.24, 2.45) is 0 Å². The first-order valence-electron chi connectivity index (χ1n) is 5.48.